The van der Waals surface area contributed by atoms with Crippen molar-refractivity contribution in [3.63, 3.8) is 0 Å². The van der Waals surface area contributed by atoms with Gasteiger partial charge < -0.3 is 5.32 Å². The van der Waals surface area contributed by atoms with Gasteiger partial charge >= 0.3 is 0 Å². The molecule has 3 aromatic rings. The van der Waals surface area contributed by atoms with Crippen LogP contribution in [0.25, 0.3) is 21.9 Å². The van der Waals surface area contributed by atoms with E-state index in [4.69, 9.17) is 0 Å². The number of pyridine rings is 1. The molecule has 4 rings (SSSR count). The van der Waals surface area contributed by atoms with E-state index in [1.54, 1.807) is 0 Å². The normalized spacial score (nSPS) is 14.2. The summed E-state index contributed by atoms with van der Waals surface area (Å²) >= 11 is 0. The van der Waals surface area contributed by atoms with Crippen LogP contribution in [0.4, 0.5) is 5.82 Å². The van der Waals surface area contributed by atoms with Crippen LogP contribution < -0.4 is 5.32 Å². The van der Waals surface area contributed by atoms with Crippen molar-refractivity contribution in [1.29, 1.82) is 0 Å². The molecule has 3 heteroatoms. The number of rotatable bonds is 4. The molecule has 0 radical (unpaired) electrons. The number of nitrogens with zero attached hydrogens (tertiary/aromatic N) is 1. The number of nitrogens with one attached hydrogen (secondary N) is 1. The molecule has 1 amide bonds. The van der Waals surface area contributed by atoms with Gasteiger partial charge in [-0.05, 0) is 66.0 Å². The number of aryl methyl sites for hydroxylation is 2. The van der Waals surface area contributed by atoms with E-state index in [2.05, 4.69) is 60.5 Å². The summed E-state index contributed by atoms with van der Waals surface area (Å²) < 4.78 is 0. The fourth-order valence-electron chi connectivity index (χ4n) is 3.48. The number of anilines is 1. The summed E-state index contributed by atoms with van der Waals surface area (Å²) in [6.45, 7) is 4.33. The smallest absolute Gasteiger partial charge is 0.228 e. The van der Waals surface area contributed by atoms with E-state index < -0.39 is 0 Å². The third-order valence-electron chi connectivity index (χ3n) is 5.47. The van der Waals surface area contributed by atoms with Crippen LogP contribution in [0.1, 0.15) is 37.3 Å². The van der Waals surface area contributed by atoms with Gasteiger partial charge in [0.25, 0.3) is 0 Å². The Balaban J connectivity index is 1.64. The number of hydrogen-bond donors (Lipinski definition) is 1. The predicted octanol–water partition coefficient (Wildman–Crippen LogP) is 5.51. The van der Waals surface area contributed by atoms with Crippen LogP contribution in [0, 0.1) is 12.8 Å². The second kappa shape index (κ2) is 6.91. The van der Waals surface area contributed by atoms with Crippen molar-refractivity contribution in [1.82, 2.24) is 4.98 Å². The molecule has 1 aliphatic rings. The quantitative estimate of drug-likeness (QED) is 0.678. The highest BCUT2D eigenvalue weighted by Crippen LogP contribution is 2.30. The molecule has 1 fully saturated rings. The Labute approximate surface area is 154 Å². The minimum Gasteiger partial charge on any atom is -0.310 e. The van der Waals surface area contributed by atoms with Crippen molar-refractivity contribution in [2.45, 2.75) is 39.5 Å². The first-order valence-corrected chi connectivity index (χ1v) is 9.44. The van der Waals surface area contributed by atoms with Crippen molar-refractivity contribution in [2.75, 3.05) is 5.32 Å². The van der Waals surface area contributed by atoms with Crippen LogP contribution in [-0.2, 0) is 11.2 Å². The van der Waals surface area contributed by atoms with Gasteiger partial charge in [-0.2, -0.15) is 0 Å². The van der Waals surface area contributed by atoms with Gasteiger partial charge in [-0.3, -0.25) is 4.79 Å². The first-order valence-electron chi connectivity index (χ1n) is 9.44. The van der Waals surface area contributed by atoms with Gasteiger partial charge in [0.05, 0.1) is 0 Å². The zero-order valence-corrected chi connectivity index (χ0v) is 15.4. The van der Waals surface area contributed by atoms with Crippen molar-refractivity contribution in [3.05, 3.63) is 59.8 Å². The lowest BCUT2D eigenvalue weighted by molar-refractivity contribution is -0.122. The Kier molecular flexibility index (Phi) is 4.46. The number of hydrogen-bond acceptors (Lipinski definition) is 2. The summed E-state index contributed by atoms with van der Waals surface area (Å²) in [5, 5.41) is 5.14. The molecule has 2 aromatic carbocycles. The zero-order chi connectivity index (χ0) is 18.1. The number of aromatic nitrogens is 1. The van der Waals surface area contributed by atoms with Crippen LogP contribution in [0.5, 0.6) is 0 Å². The monoisotopic (exact) mass is 344 g/mol. The Morgan fingerprint density at radius 2 is 1.96 bits per heavy atom. The van der Waals surface area contributed by atoms with Crippen LogP contribution in [0.3, 0.4) is 0 Å². The molecular weight excluding hydrogens is 320 g/mol. The van der Waals surface area contributed by atoms with Crippen molar-refractivity contribution >= 4 is 22.5 Å². The van der Waals surface area contributed by atoms with Gasteiger partial charge in [0.2, 0.25) is 5.91 Å². The molecule has 0 saturated heterocycles. The lowest BCUT2D eigenvalue weighted by Crippen LogP contribution is -2.28. The average molecular weight is 344 g/mol. The van der Waals surface area contributed by atoms with Gasteiger partial charge in [0.1, 0.15) is 5.82 Å². The van der Waals surface area contributed by atoms with Crippen molar-refractivity contribution in [2.24, 2.45) is 5.92 Å². The van der Waals surface area contributed by atoms with E-state index >= 15 is 0 Å². The fourth-order valence-corrected chi connectivity index (χ4v) is 3.48. The summed E-state index contributed by atoms with van der Waals surface area (Å²) in [7, 11) is 0. The second-order valence-electron chi connectivity index (χ2n) is 7.25. The van der Waals surface area contributed by atoms with E-state index in [0.717, 1.165) is 36.5 Å². The molecule has 132 valence electrons. The second-order valence-corrected chi connectivity index (χ2v) is 7.25. The third kappa shape index (κ3) is 3.22. The highest BCUT2D eigenvalue weighted by Gasteiger charge is 2.25. The standard InChI is InChI=1S/C23H24N2O/c1-3-16-8-7-15(2)21(11-16)19-10-9-18-13-22(24-14-20(18)12-19)25-23(26)17-5-4-6-17/h7-14,17H,3-6H2,1-2H3,(H,24,25,26). The van der Waals surface area contributed by atoms with E-state index in [1.165, 1.54) is 22.3 Å². The van der Waals surface area contributed by atoms with Gasteiger partial charge in [0, 0.05) is 17.5 Å². The van der Waals surface area contributed by atoms with Gasteiger partial charge in [-0.15, -0.1) is 0 Å². The number of benzene rings is 2. The van der Waals surface area contributed by atoms with Gasteiger partial charge in [0.15, 0.2) is 0 Å². The fraction of sp³-hybridized carbons (Fsp3) is 0.304. The lowest BCUT2D eigenvalue weighted by Gasteiger charge is -2.23. The SMILES string of the molecule is CCc1ccc(C)c(-c2ccc3cc(NC(=O)C4CCC4)ncc3c2)c1. The predicted molar refractivity (Wildman–Crippen MR) is 107 cm³/mol. The van der Waals surface area contributed by atoms with Crippen molar-refractivity contribution in [3.8, 4) is 11.1 Å². The minimum absolute atomic E-state index is 0.103. The summed E-state index contributed by atoms with van der Waals surface area (Å²) in [5.74, 6) is 0.918. The van der Waals surface area contributed by atoms with E-state index in [1.807, 2.05) is 12.3 Å². The van der Waals surface area contributed by atoms with Crippen LogP contribution in [0.2, 0.25) is 0 Å². The molecule has 1 N–H and O–H groups in total. The van der Waals surface area contributed by atoms with Crippen molar-refractivity contribution < 1.29 is 4.79 Å². The lowest BCUT2D eigenvalue weighted by atomic mass is 9.85. The molecule has 1 heterocycles. The molecule has 0 bridgehead atoms. The van der Waals surface area contributed by atoms with Crippen LogP contribution in [0.15, 0.2) is 48.7 Å². The zero-order valence-electron chi connectivity index (χ0n) is 15.4. The molecule has 26 heavy (non-hydrogen) atoms. The molecule has 0 spiro atoms. The van der Waals surface area contributed by atoms with Gasteiger partial charge in [-0.25, -0.2) is 4.98 Å². The summed E-state index contributed by atoms with van der Waals surface area (Å²) in [6.07, 6.45) is 6.04. The summed E-state index contributed by atoms with van der Waals surface area (Å²) in [4.78, 5) is 16.6. The van der Waals surface area contributed by atoms with E-state index in [0.29, 0.717) is 5.82 Å². The number of carbonyl (C=O) groups is 1. The molecule has 3 nitrogen and oxygen atoms in total. The molecular formula is C23H24N2O. The van der Waals surface area contributed by atoms with Crippen LogP contribution >= 0.6 is 0 Å². The number of carbonyl (C=O) groups excluding carboxylic acids is 1. The molecule has 1 aromatic heterocycles. The molecule has 1 aliphatic carbocycles. The Bertz CT molecular complexity index is 973. The topological polar surface area (TPSA) is 42.0 Å². The largest absolute Gasteiger partial charge is 0.310 e. The Morgan fingerprint density at radius 3 is 2.69 bits per heavy atom. The summed E-state index contributed by atoms with van der Waals surface area (Å²) in [5.41, 5.74) is 5.10. The maximum Gasteiger partial charge on any atom is 0.228 e. The molecule has 0 aliphatic heterocycles. The first-order chi connectivity index (χ1) is 12.6. The first kappa shape index (κ1) is 16.8. The Hall–Kier alpha value is -2.68. The molecule has 0 unspecified atom stereocenters. The van der Waals surface area contributed by atoms with Crippen LogP contribution in [-0.4, -0.2) is 10.9 Å². The highest BCUT2D eigenvalue weighted by molar-refractivity contribution is 5.95. The Morgan fingerprint density at radius 1 is 1.12 bits per heavy atom. The maximum absolute atomic E-state index is 12.1. The number of fused-ring (bicyclic) bond motifs is 1. The van der Waals surface area contributed by atoms with E-state index in [9.17, 15) is 4.79 Å². The third-order valence-corrected chi connectivity index (χ3v) is 5.47. The molecule has 0 atom stereocenters. The minimum atomic E-state index is 0.103. The van der Waals surface area contributed by atoms with E-state index in [-0.39, 0.29) is 11.8 Å². The van der Waals surface area contributed by atoms with Gasteiger partial charge in [-0.1, -0.05) is 43.7 Å². The molecule has 1 saturated carbocycles. The maximum atomic E-state index is 12.1. The summed E-state index contributed by atoms with van der Waals surface area (Å²) in [6, 6.07) is 15.1. The average Bonchev–Trinajstić information content (AvgIpc) is 2.60. The number of amides is 1. The highest BCUT2D eigenvalue weighted by atomic mass is 16.2.